The highest BCUT2D eigenvalue weighted by molar-refractivity contribution is 9.09. The molecule has 41 heavy (non-hydrogen) atoms. The summed E-state index contributed by atoms with van der Waals surface area (Å²) < 4.78 is 43.5. The number of fused-ring (bicyclic) bond motifs is 1. The summed E-state index contributed by atoms with van der Waals surface area (Å²) in [5.74, 6) is -1.27. The molecule has 2 aromatic carbocycles. The van der Waals surface area contributed by atoms with Crippen LogP contribution in [0.2, 0.25) is 5.02 Å². The number of carbonyl (C=O) groups excluding carboxylic acids is 1. The first-order valence-electron chi connectivity index (χ1n) is 13.1. The van der Waals surface area contributed by atoms with Gasteiger partial charge < -0.3 is 18.8 Å². The second-order valence-corrected chi connectivity index (χ2v) is 12.2. The summed E-state index contributed by atoms with van der Waals surface area (Å²) in [5, 5.41) is 19.5. The lowest BCUT2D eigenvalue weighted by Gasteiger charge is -2.26. The summed E-state index contributed by atoms with van der Waals surface area (Å²) in [6.45, 7) is 4.40. The molecule has 0 bridgehead atoms. The van der Waals surface area contributed by atoms with Gasteiger partial charge in [-0.15, -0.1) is 5.10 Å². The molecule has 1 aliphatic heterocycles. The number of aryl methyl sites for hydroxylation is 2. The van der Waals surface area contributed by atoms with Crippen molar-refractivity contribution in [3.8, 4) is 5.75 Å². The third-order valence-electron chi connectivity index (χ3n) is 6.86. The number of ether oxygens (including phenoxy) is 2. The number of nitrogens with zero attached hydrogens (tertiary/aromatic N) is 4. The van der Waals surface area contributed by atoms with Gasteiger partial charge in [-0.3, -0.25) is 4.79 Å². The van der Waals surface area contributed by atoms with Gasteiger partial charge in [-0.25, -0.2) is 4.68 Å². The number of unbranched alkanes of at least 4 members (excludes halogenated alkanes) is 1. The summed E-state index contributed by atoms with van der Waals surface area (Å²) in [4.78, 5) is 12.8. The SMILES string of the molecule is CCOC(=O)CC(c1cc(Cl)c(OC)c(CN2CC=C(O)OS2(=O)=O)c1)c1ccc2c(nnn2CCCCBr)c1C. The molecule has 222 valence electrons. The van der Waals surface area contributed by atoms with Crippen LogP contribution in [0.1, 0.15) is 54.4 Å². The highest BCUT2D eigenvalue weighted by Crippen LogP contribution is 2.39. The fourth-order valence-electron chi connectivity index (χ4n) is 4.90. The summed E-state index contributed by atoms with van der Waals surface area (Å²) in [5.41, 5.74) is 4.47. The third-order valence-corrected chi connectivity index (χ3v) is 8.99. The Morgan fingerprint density at radius 2 is 2.07 bits per heavy atom. The first kappa shape index (κ1) is 31.1. The predicted octanol–water partition coefficient (Wildman–Crippen LogP) is 5.14. The minimum atomic E-state index is -4.24. The van der Waals surface area contributed by atoms with Crippen LogP contribution in [0.25, 0.3) is 11.0 Å². The van der Waals surface area contributed by atoms with E-state index in [-0.39, 0.29) is 36.9 Å². The van der Waals surface area contributed by atoms with Crippen molar-refractivity contribution in [2.24, 2.45) is 0 Å². The van der Waals surface area contributed by atoms with Crippen molar-refractivity contribution in [1.29, 1.82) is 0 Å². The summed E-state index contributed by atoms with van der Waals surface area (Å²) >= 11 is 10.1. The third kappa shape index (κ3) is 6.96. The van der Waals surface area contributed by atoms with Crippen molar-refractivity contribution in [2.75, 3.05) is 25.6 Å². The molecule has 1 unspecified atom stereocenters. The van der Waals surface area contributed by atoms with Gasteiger partial charge >= 0.3 is 16.3 Å². The highest BCUT2D eigenvalue weighted by atomic mass is 79.9. The molecule has 3 aromatic rings. The van der Waals surface area contributed by atoms with Crippen LogP contribution in [0, 0.1) is 6.92 Å². The van der Waals surface area contributed by atoms with Crippen molar-refractivity contribution in [3.63, 3.8) is 0 Å². The van der Waals surface area contributed by atoms with Crippen LogP contribution in [-0.4, -0.2) is 64.4 Å². The Morgan fingerprint density at radius 3 is 2.76 bits per heavy atom. The van der Waals surface area contributed by atoms with Crippen LogP contribution >= 0.6 is 27.5 Å². The van der Waals surface area contributed by atoms with Gasteiger partial charge in [0.2, 0.25) is 0 Å². The van der Waals surface area contributed by atoms with Gasteiger partial charge in [0, 0.05) is 42.5 Å². The molecule has 14 heteroatoms. The topological polar surface area (TPSA) is 133 Å². The first-order valence-corrected chi connectivity index (χ1v) is 15.9. The normalized spacial score (nSPS) is 15.8. The number of esters is 1. The van der Waals surface area contributed by atoms with E-state index in [1.54, 1.807) is 19.1 Å². The van der Waals surface area contributed by atoms with Gasteiger partial charge in [-0.2, -0.15) is 12.7 Å². The number of hydrogen-bond donors (Lipinski definition) is 1. The molecule has 11 nitrogen and oxygen atoms in total. The molecule has 0 radical (unpaired) electrons. The number of methoxy groups -OCH3 is 1. The van der Waals surface area contributed by atoms with Gasteiger partial charge in [0.1, 0.15) is 11.3 Å². The molecular formula is C27H32BrClN4O7S. The molecular weight excluding hydrogens is 640 g/mol. The number of halogens is 2. The number of benzene rings is 2. The molecule has 1 N–H and O–H groups in total. The predicted molar refractivity (Wildman–Crippen MR) is 158 cm³/mol. The average Bonchev–Trinajstić information content (AvgIpc) is 3.33. The van der Waals surface area contributed by atoms with Crippen molar-refractivity contribution < 1.29 is 32.0 Å². The standard InChI is InChI=1S/C27H32BrClN4O7S/c1-4-39-25(35)15-21(20-7-8-23-26(17(20)2)30-31-33(23)11-6-5-10-28)18-13-19(27(38-3)22(29)14-18)16-32-12-9-24(34)40-41(32,36)37/h7-9,13-14,21,34H,4-6,10-12,15-16H2,1-3H3. The van der Waals surface area contributed by atoms with E-state index in [9.17, 15) is 18.3 Å². The van der Waals surface area contributed by atoms with Gasteiger partial charge in [0.25, 0.3) is 5.95 Å². The fraction of sp³-hybridized carbons (Fsp3) is 0.444. The zero-order chi connectivity index (χ0) is 29.7. The monoisotopic (exact) mass is 670 g/mol. The van der Waals surface area contributed by atoms with E-state index >= 15 is 0 Å². The largest absolute Gasteiger partial charge is 0.495 e. The van der Waals surface area contributed by atoms with E-state index in [1.807, 2.05) is 23.7 Å². The maximum atomic E-state index is 12.8. The van der Waals surface area contributed by atoms with Crippen molar-refractivity contribution in [2.45, 2.75) is 52.1 Å². The quantitative estimate of drug-likeness (QED) is 0.158. The minimum Gasteiger partial charge on any atom is -0.495 e. The maximum Gasteiger partial charge on any atom is 0.388 e. The number of aliphatic hydroxyl groups excluding tert-OH is 1. The van der Waals surface area contributed by atoms with Crippen LogP contribution in [-0.2, 0) is 37.1 Å². The lowest BCUT2D eigenvalue weighted by atomic mass is 9.84. The molecule has 0 spiro atoms. The number of hydrogen-bond acceptors (Lipinski definition) is 9. The summed E-state index contributed by atoms with van der Waals surface area (Å²) in [6.07, 6.45) is 3.23. The van der Waals surface area contributed by atoms with Crippen LogP contribution in [0.15, 0.2) is 36.3 Å². The minimum absolute atomic E-state index is 0.0173. The van der Waals surface area contributed by atoms with Crippen molar-refractivity contribution in [1.82, 2.24) is 19.3 Å². The number of aromatic nitrogens is 3. The van der Waals surface area contributed by atoms with Crippen molar-refractivity contribution >= 4 is 54.8 Å². The van der Waals surface area contributed by atoms with E-state index in [2.05, 4.69) is 30.4 Å². The van der Waals surface area contributed by atoms with Gasteiger partial charge in [0.05, 0.1) is 30.7 Å². The second-order valence-electron chi connectivity index (χ2n) is 9.49. The van der Waals surface area contributed by atoms with E-state index in [1.165, 1.54) is 13.2 Å². The van der Waals surface area contributed by atoms with Crippen LogP contribution in [0.4, 0.5) is 0 Å². The Hall–Kier alpha value is -2.87. The zero-order valence-electron chi connectivity index (χ0n) is 23.0. The zero-order valence-corrected chi connectivity index (χ0v) is 26.1. The van der Waals surface area contributed by atoms with Gasteiger partial charge in [0.15, 0.2) is 0 Å². The second kappa shape index (κ2) is 13.4. The van der Waals surface area contributed by atoms with Crippen LogP contribution in [0.5, 0.6) is 5.75 Å². The van der Waals surface area contributed by atoms with E-state index < -0.39 is 28.1 Å². The van der Waals surface area contributed by atoms with E-state index in [0.29, 0.717) is 11.1 Å². The lowest BCUT2D eigenvalue weighted by Crippen LogP contribution is -2.35. The average molecular weight is 672 g/mol. The highest BCUT2D eigenvalue weighted by Gasteiger charge is 2.31. The smallest absolute Gasteiger partial charge is 0.388 e. The molecule has 0 amide bonds. The Kier molecular flexibility index (Phi) is 10.2. The number of aliphatic hydroxyl groups is 1. The van der Waals surface area contributed by atoms with Gasteiger partial charge in [-0.05, 0) is 55.5 Å². The molecule has 0 aliphatic carbocycles. The van der Waals surface area contributed by atoms with Gasteiger partial charge in [-0.1, -0.05) is 44.9 Å². The summed E-state index contributed by atoms with van der Waals surface area (Å²) in [7, 11) is -2.80. The van der Waals surface area contributed by atoms with Crippen molar-refractivity contribution in [3.05, 3.63) is 63.6 Å². The molecule has 2 heterocycles. The van der Waals surface area contributed by atoms with Crippen LogP contribution in [0.3, 0.4) is 0 Å². The Morgan fingerprint density at radius 1 is 1.29 bits per heavy atom. The number of alkyl halides is 1. The molecule has 1 atom stereocenters. The van der Waals surface area contributed by atoms with E-state index in [0.717, 1.165) is 51.2 Å². The maximum absolute atomic E-state index is 12.8. The fourth-order valence-corrected chi connectivity index (χ4v) is 6.56. The Bertz CT molecular complexity index is 1560. The Labute approximate surface area is 252 Å². The number of carbonyl (C=O) groups is 1. The molecule has 0 fully saturated rings. The molecule has 0 saturated carbocycles. The lowest BCUT2D eigenvalue weighted by molar-refractivity contribution is -0.143. The molecule has 0 saturated heterocycles. The molecule has 1 aromatic heterocycles. The first-order chi connectivity index (χ1) is 19.6. The molecule has 4 rings (SSSR count). The van der Waals surface area contributed by atoms with E-state index in [4.69, 9.17) is 21.1 Å². The number of rotatable bonds is 12. The molecule has 1 aliphatic rings. The Balaban J connectivity index is 1.79. The van der Waals surface area contributed by atoms with Crippen LogP contribution < -0.4 is 4.74 Å². The summed E-state index contributed by atoms with van der Waals surface area (Å²) in [6, 6.07) is 7.39.